The van der Waals surface area contributed by atoms with E-state index in [4.69, 9.17) is 4.74 Å². The molecule has 0 aromatic heterocycles. The number of ether oxygens (including phenoxy) is 1. The maximum atomic E-state index is 5.56. The van der Waals surface area contributed by atoms with Gasteiger partial charge in [0.25, 0.3) is 0 Å². The summed E-state index contributed by atoms with van der Waals surface area (Å²) < 4.78 is 5.56. The Morgan fingerprint density at radius 2 is 1.95 bits per heavy atom. The molecular formula is C18H30N2O. The van der Waals surface area contributed by atoms with Crippen molar-refractivity contribution in [1.82, 2.24) is 10.2 Å². The van der Waals surface area contributed by atoms with Crippen LogP contribution in [0.15, 0.2) is 18.2 Å². The second-order valence-electron chi connectivity index (χ2n) is 6.50. The molecule has 0 bridgehead atoms. The Labute approximate surface area is 129 Å². The van der Waals surface area contributed by atoms with Crippen LogP contribution in [0.3, 0.4) is 0 Å². The lowest BCUT2D eigenvalue weighted by Crippen LogP contribution is -2.21. The number of rotatable bonds is 6. The number of nitrogens with one attached hydrogen (secondary N) is 1. The van der Waals surface area contributed by atoms with Gasteiger partial charge in [0.2, 0.25) is 0 Å². The van der Waals surface area contributed by atoms with Crippen LogP contribution < -0.4 is 10.1 Å². The molecule has 0 saturated carbocycles. The minimum atomic E-state index is 0.385. The van der Waals surface area contributed by atoms with E-state index in [2.05, 4.69) is 56.1 Å². The molecule has 1 aromatic rings. The van der Waals surface area contributed by atoms with E-state index in [1.807, 2.05) is 0 Å². The zero-order chi connectivity index (χ0) is 15.4. The van der Waals surface area contributed by atoms with Gasteiger partial charge in [-0.2, -0.15) is 0 Å². The molecule has 118 valence electrons. The minimum Gasteiger partial charge on any atom is -0.496 e. The van der Waals surface area contributed by atoms with Crippen molar-refractivity contribution in [3.63, 3.8) is 0 Å². The molecule has 1 heterocycles. The molecule has 2 rings (SSSR count). The Bertz CT molecular complexity index is 451. The zero-order valence-corrected chi connectivity index (χ0v) is 14.1. The van der Waals surface area contributed by atoms with E-state index < -0.39 is 0 Å². The lowest BCUT2D eigenvalue weighted by atomic mass is 10.0. The van der Waals surface area contributed by atoms with Gasteiger partial charge in [0, 0.05) is 31.2 Å². The standard InChI is InChI=1S/C18H30N2O/c1-6-19-15(4)16-7-8-18(21-5)17(9-16)12-20-10-13(2)14(3)11-20/h7-9,13-15,19H,6,10-12H2,1-5H3. The fourth-order valence-corrected chi connectivity index (χ4v) is 3.23. The highest BCUT2D eigenvalue weighted by atomic mass is 16.5. The van der Waals surface area contributed by atoms with E-state index in [-0.39, 0.29) is 0 Å². The Balaban J connectivity index is 2.14. The summed E-state index contributed by atoms with van der Waals surface area (Å²) in [6.45, 7) is 13.4. The van der Waals surface area contributed by atoms with Crippen LogP contribution in [0, 0.1) is 11.8 Å². The summed E-state index contributed by atoms with van der Waals surface area (Å²) in [5, 5.41) is 3.48. The molecule has 3 nitrogen and oxygen atoms in total. The quantitative estimate of drug-likeness (QED) is 0.868. The summed E-state index contributed by atoms with van der Waals surface area (Å²) in [6, 6.07) is 6.97. The van der Waals surface area contributed by atoms with Crippen LogP contribution >= 0.6 is 0 Å². The van der Waals surface area contributed by atoms with Crippen LogP contribution in [0.4, 0.5) is 0 Å². The van der Waals surface area contributed by atoms with E-state index in [0.29, 0.717) is 6.04 Å². The topological polar surface area (TPSA) is 24.5 Å². The van der Waals surface area contributed by atoms with Crippen molar-refractivity contribution in [1.29, 1.82) is 0 Å². The maximum absolute atomic E-state index is 5.56. The molecule has 1 saturated heterocycles. The van der Waals surface area contributed by atoms with Gasteiger partial charge in [-0.05, 0) is 43.0 Å². The van der Waals surface area contributed by atoms with Gasteiger partial charge in [0.15, 0.2) is 0 Å². The van der Waals surface area contributed by atoms with Gasteiger partial charge in [0.05, 0.1) is 7.11 Å². The van der Waals surface area contributed by atoms with E-state index in [1.165, 1.54) is 24.2 Å². The van der Waals surface area contributed by atoms with Crippen molar-refractivity contribution in [2.24, 2.45) is 11.8 Å². The first-order valence-electron chi connectivity index (χ1n) is 8.17. The Morgan fingerprint density at radius 1 is 1.29 bits per heavy atom. The molecule has 3 atom stereocenters. The minimum absolute atomic E-state index is 0.385. The van der Waals surface area contributed by atoms with Crippen molar-refractivity contribution < 1.29 is 4.74 Å². The van der Waals surface area contributed by atoms with E-state index in [9.17, 15) is 0 Å². The predicted octanol–water partition coefficient (Wildman–Crippen LogP) is 3.45. The molecule has 21 heavy (non-hydrogen) atoms. The first-order chi connectivity index (χ1) is 10.0. The smallest absolute Gasteiger partial charge is 0.123 e. The normalized spacial score (nSPS) is 24.2. The average molecular weight is 290 g/mol. The third kappa shape index (κ3) is 3.98. The molecule has 0 amide bonds. The predicted molar refractivity (Wildman–Crippen MR) is 88.7 cm³/mol. The van der Waals surface area contributed by atoms with Crippen LogP contribution in [0.5, 0.6) is 5.75 Å². The largest absolute Gasteiger partial charge is 0.496 e. The van der Waals surface area contributed by atoms with Gasteiger partial charge in [-0.1, -0.05) is 26.8 Å². The summed E-state index contributed by atoms with van der Waals surface area (Å²) in [7, 11) is 1.77. The van der Waals surface area contributed by atoms with Gasteiger partial charge in [-0.25, -0.2) is 0 Å². The van der Waals surface area contributed by atoms with Crippen molar-refractivity contribution in [3.8, 4) is 5.75 Å². The summed E-state index contributed by atoms with van der Waals surface area (Å²) in [4.78, 5) is 2.55. The zero-order valence-electron chi connectivity index (χ0n) is 14.1. The Hall–Kier alpha value is -1.06. The molecule has 1 aromatic carbocycles. The molecule has 3 unspecified atom stereocenters. The van der Waals surface area contributed by atoms with Crippen molar-refractivity contribution in [2.45, 2.75) is 40.3 Å². The van der Waals surface area contributed by atoms with Gasteiger partial charge in [-0.15, -0.1) is 0 Å². The Morgan fingerprint density at radius 3 is 2.52 bits per heavy atom. The van der Waals surface area contributed by atoms with Crippen LogP contribution in [-0.4, -0.2) is 31.6 Å². The summed E-state index contributed by atoms with van der Waals surface area (Å²) in [5.41, 5.74) is 2.65. The molecular weight excluding hydrogens is 260 g/mol. The molecule has 3 heteroatoms. The first kappa shape index (κ1) is 16.3. The van der Waals surface area contributed by atoms with E-state index >= 15 is 0 Å². The summed E-state index contributed by atoms with van der Waals surface area (Å²) >= 11 is 0. The monoisotopic (exact) mass is 290 g/mol. The van der Waals surface area contributed by atoms with E-state index in [0.717, 1.165) is 30.7 Å². The summed E-state index contributed by atoms with van der Waals surface area (Å²) in [5.74, 6) is 2.59. The second-order valence-corrected chi connectivity index (χ2v) is 6.50. The van der Waals surface area contributed by atoms with Crippen LogP contribution in [-0.2, 0) is 6.54 Å². The van der Waals surface area contributed by atoms with E-state index in [1.54, 1.807) is 7.11 Å². The number of likely N-dealkylation sites (tertiary alicyclic amines) is 1. The highest BCUT2D eigenvalue weighted by molar-refractivity contribution is 5.38. The van der Waals surface area contributed by atoms with Gasteiger partial charge < -0.3 is 10.1 Å². The third-order valence-corrected chi connectivity index (χ3v) is 4.77. The number of nitrogens with zero attached hydrogens (tertiary/aromatic N) is 1. The number of benzene rings is 1. The maximum Gasteiger partial charge on any atom is 0.123 e. The lowest BCUT2D eigenvalue weighted by molar-refractivity contribution is 0.307. The van der Waals surface area contributed by atoms with Crippen LogP contribution in [0.2, 0.25) is 0 Å². The highest BCUT2D eigenvalue weighted by Gasteiger charge is 2.26. The Kier molecular flexibility index (Phi) is 5.65. The molecule has 0 spiro atoms. The fraction of sp³-hybridized carbons (Fsp3) is 0.667. The second kappa shape index (κ2) is 7.28. The number of methoxy groups -OCH3 is 1. The number of hydrogen-bond donors (Lipinski definition) is 1. The van der Waals surface area contributed by atoms with Crippen molar-refractivity contribution in [3.05, 3.63) is 29.3 Å². The number of hydrogen-bond acceptors (Lipinski definition) is 3. The molecule has 1 aliphatic heterocycles. The molecule has 1 fully saturated rings. The SMILES string of the molecule is CCNC(C)c1ccc(OC)c(CN2CC(C)C(C)C2)c1. The molecule has 1 N–H and O–H groups in total. The lowest BCUT2D eigenvalue weighted by Gasteiger charge is -2.20. The fourth-order valence-electron chi connectivity index (χ4n) is 3.23. The van der Waals surface area contributed by atoms with Gasteiger partial charge >= 0.3 is 0 Å². The van der Waals surface area contributed by atoms with Crippen LogP contribution in [0.25, 0.3) is 0 Å². The average Bonchev–Trinajstić information content (AvgIpc) is 2.77. The van der Waals surface area contributed by atoms with Gasteiger partial charge in [0.1, 0.15) is 5.75 Å². The molecule has 1 aliphatic rings. The van der Waals surface area contributed by atoms with Crippen molar-refractivity contribution in [2.75, 3.05) is 26.7 Å². The summed E-state index contributed by atoms with van der Waals surface area (Å²) in [6.07, 6.45) is 0. The molecule has 0 aliphatic carbocycles. The van der Waals surface area contributed by atoms with Gasteiger partial charge in [-0.3, -0.25) is 4.90 Å². The first-order valence-corrected chi connectivity index (χ1v) is 8.17. The molecule has 0 radical (unpaired) electrons. The third-order valence-electron chi connectivity index (χ3n) is 4.77. The van der Waals surface area contributed by atoms with Crippen molar-refractivity contribution >= 4 is 0 Å². The highest BCUT2D eigenvalue weighted by Crippen LogP contribution is 2.28. The van der Waals surface area contributed by atoms with Crippen LogP contribution in [0.1, 0.15) is 44.9 Å².